The highest BCUT2D eigenvalue weighted by molar-refractivity contribution is 5.93. The Balaban J connectivity index is 1.70. The maximum atomic E-state index is 13.1. The van der Waals surface area contributed by atoms with E-state index in [4.69, 9.17) is 0 Å². The summed E-state index contributed by atoms with van der Waals surface area (Å²) in [4.78, 5) is 25.5. The van der Waals surface area contributed by atoms with Crippen molar-refractivity contribution in [2.45, 2.75) is 68.9 Å². The summed E-state index contributed by atoms with van der Waals surface area (Å²) < 4.78 is 0. The van der Waals surface area contributed by atoms with E-state index in [0.717, 1.165) is 56.9 Å². The van der Waals surface area contributed by atoms with Crippen molar-refractivity contribution in [2.24, 2.45) is 0 Å². The molecule has 2 amide bonds. The smallest absolute Gasteiger partial charge is 0.245 e. The molecule has 5 nitrogen and oxygen atoms in total. The number of nitrogens with one attached hydrogen (secondary N) is 2. The Bertz CT molecular complexity index is 590. The zero-order valence-corrected chi connectivity index (χ0v) is 14.7. The number of hydrogen-bond acceptors (Lipinski definition) is 3. The molecule has 0 saturated heterocycles. The zero-order chi connectivity index (χ0) is 17.7. The van der Waals surface area contributed by atoms with Gasteiger partial charge >= 0.3 is 0 Å². The summed E-state index contributed by atoms with van der Waals surface area (Å²) in [7, 11) is 0. The molecule has 0 aliphatic heterocycles. The molecule has 0 spiro atoms. The predicted molar refractivity (Wildman–Crippen MR) is 96.0 cm³/mol. The second-order valence-electron chi connectivity index (χ2n) is 7.35. The second kappa shape index (κ2) is 8.00. The van der Waals surface area contributed by atoms with Gasteiger partial charge in [-0.3, -0.25) is 9.59 Å². The third-order valence-electron chi connectivity index (χ3n) is 5.72. The molecule has 2 aliphatic rings. The molecule has 2 saturated carbocycles. The van der Waals surface area contributed by atoms with Crippen LogP contribution in [0.2, 0.25) is 0 Å². The molecular weight excluding hydrogens is 316 g/mol. The van der Waals surface area contributed by atoms with E-state index in [-0.39, 0.29) is 24.5 Å². The molecule has 5 heteroatoms. The van der Waals surface area contributed by atoms with Gasteiger partial charge in [-0.15, -0.1) is 0 Å². The summed E-state index contributed by atoms with van der Waals surface area (Å²) in [6.45, 7) is -0.380. The van der Waals surface area contributed by atoms with Gasteiger partial charge < -0.3 is 15.7 Å². The van der Waals surface area contributed by atoms with Crippen LogP contribution in [0.25, 0.3) is 0 Å². The topological polar surface area (TPSA) is 78.4 Å². The minimum atomic E-state index is -0.880. The van der Waals surface area contributed by atoms with E-state index < -0.39 is 11.5 Å². The molecule has 136 valence electrons. The third kappa shape index (κ3) is 3.87. The van der Waals surface area contributed by atoms with Crippen LogP contribution in [0, 0.1) is 0 Å². The third-order valence-corrected chi connectivity index (χ3v) is 5.72. The Kier molecular flexibility index (Phi) is 5.74. The fourth-order valence-electron chi connectivity index (χ4n) is 4.24. The van der Waals surface area contributed by atoms with E-state index in [9.17, 15) is 14.7 Å². The largest absolute Gasteiger partial charge is 0.394 e. The summed E-state index contributed by atoms with van der Waals surface area (Å²) >= 11 is 0. The first-order valence-electron chi connectivity index (χ1n) is 9.43. The highest BCUT2D eigenvalue weighted by Crippen LogP contribution is 2.41. The number of aliphatic hydroxyl groups is 1. The van der Waals surface area contributed by atoms with Crippen LogP contribution in [0.1, 0.15) is 56.9 Å². The lowest BCUT2D eigenvalue weighted by molar-refractivity contribution is -0.133. The molecule has 2 fully saturated rings. The number of carbonyl (C=O) groups is 2. The van der Waals surface area contributed by atoms with E-state index in [2.05, 4.69) is 10.6 Å². The van der Waals surface area contributed by atoms with Crippen LogP contribution in [-0.4, -0.2) is 35.6 Å². The van der Waals surface area contributed by atoms with Gasteiger partial charge in [-0.25, -0.2) is 0 Å². The number of amides is 2. The van der Waals surface area contributed by atoms with Crippen molar-refractivity contribution < 1.29 is 14.7 Å². The Morgan fingerprint density at radius 1 is 1.08 bits per heavy atom. The molecule has 3 rings (SSSR count). The Hall–Kier alpha value is -1.88. The quantitative estimate of drug-likeness (QED) is 0.739. The number of rotatable bonds is 6. The molecule has 0 aromatic heterocycles. The normalized spacial score (nSPS) is 21.0. The number of carbonyl (C=O) groups excluding carboxylic acids is 2. The van der Waals surface area contributed by atoms with Gasteiger partial charge in [0, 0.05) is 6.04 Å². The molecule has 0 heterocycles. The highest BCUT2D eigenvalue weighted by atomic mass is 16.3. The van der Waals surface area contributed by atoms with Gasteiger partial charge in [0.1, 0.15) is 6.04 Å². The van der Waals surface area contributed by atoms with Crippen LogP contribution in [0.5, 0.6) is 0 Å². The van der Waals surface area contributed by atoms with Crippen molar-refractivity contribution in [1.82, 2.24) is 10.6 Å². The van der Waals surface area contributed by atoms with E-state index in [1.165, 1.54) is 0 Å². The predicted octanol–water partition coefficient (Wildman–Crippen LogP) is 2.03. The first-order valence-corrected chi connectivity index (χ1v) is 9.43. The Labute approximate surface area is 149 Å². The maximum Gasteiger partial charge on any atom is 0.245 e. The van der Waals surface area contributed by atoms with Gasteiger partial charge in [-0.2, -0.15) is 0 Å². The van der Waals surface area contributed by atoms with E-state index >= 15 is 0 Å². The average Bonchev–Trinajstić information content (AvgIpc) is 3.32. The van der Waals surface area contributed by atoms with E-state index in [0.29, 0.717) is 0 Å². The zero-order valence-electron chi connectivity index (χ0n) is 14.7. The molecule has 1 unspecified atom stereocenters. The summed E-state index contributed by atoms with van der Waals surface area (Å²) in [6.07, 6.45) is 7.77. The van der Waals surface area contributed by atoms with Crippen molar-refractivity contribution >= 4 is 11.8 Å². The first kappa shape index (κ1) is 17.9. The SMILES string of the molecule is O=C(NC1CCCC1)C(CO)NC(=O)C1(c2ccccc2)CCCC1. The summed E-state index contributed by atoms with van der Waals surface area (Å²) in [6, 6.07) is 9.09. The average molecular weight is 344 g/mol. The number of benzene rings is 1. The molecule has 3 N–H and O–H groups in total. The van der Waals surface area contributed by atoms with Gasteiger partial charge in [0.05, 0.1) is 12.0 Å². The van der Waals surface area contributed by atoms with Gasteiger partial charge in [0.15, 0.2) is 0 Å². The van der Waals surface area contributed by atoms with Crippen LogP contribution >= 0.6 is 0 Å². The van der Waals surface area contributed by atoms with Crippen LogP contribution in [-0.2, 0) is 15.0 Å². The standard InChI is InChI=1S/C20H28N2O3/c23-14-17(18(24)21-16-10-4-5-11-16)22-19(25)20(12-6-7-13-20)15-8-2-1-3-9-15/h1-3,8-9,16-17,23H,4-7,10-14H2,(H,21,24)(H,22,25). The van der Waals surface area contributed by atoms with Crippen LogP contribution in [0.15, 0.2) is 30.3 Å². The van der Waals surface area contributed by atoms with Gasteiger partial charge in [0.25, 0.3) is 0 Å². The van der Waals surface area contributed by atoms with Crippen LogP contribution in [0.4, 0.5) is 0 Å². The van der Waals surface area contributed by atoms with Gasteiger partial charge in [-0.05, 0) is 31.2 Å². The van der Waals surface area contributed by atoms with Gasteiger partial charge in [-0.1, -0.05) is 56.0 Å². The molecule has 0 radical (unpaired) electrons. The summed E-state index contributed by atoms with van der Waals surface area (Å²) in [5.41, 5.74) is 0.417. The van der Waals surface area contributed by atoms with Crippen molar-refractivity contribution in [1.29, 1.82) is 0 Å². The molecule has 1 aromatic rings. The van der Waals surface area contributed by atoms with E-state index in [1.807, 2.05) is 30.3 Å². The number of hydrogen-bond donors (Lipinski definition) is 3. The molecule has 1 atom stereocenters. The molecule has 1 aromatic carbocycles. The minimum absolute atomic E-state index is 0.142. The maximum absolute atomic E-state index is 13.1. The van der Waals surface area contributed by atoms with Crippen molar-refractivity contribution in [3.8, 4) is 0 Å². The highest BCUT2D eigenvalue weighted by Gasteiger charge is 2.43. The molecule has 0 bridgehead atoms. The van der Waals surface area contributed by atoms with Crippen molar-refractivity contribution in [3.05, 3.63) is 35.9 Å². The summed E-state index contributed by atoms with van der Waals surface area (Å²) in [5, 5.41) is 15.4. The van der Waals surface area contributed by atoms with Gasteiger partial charge in [0.2, 0.25) is 11.8 Å². The van der Waals surface area contributed by atoms with Crippen molar-refractivity contribution in [2.75, 3.05) is 6.61 Å². The monoisotopic (exact) mass is 344 g/mol. The molecular formula is C20H28N2O3. The molecule has 25 heavy (non-hydrogen) atoms. The lowest BCUT2D eigenvalue weighted by Crippen LogP contribution is -2.55. The Morgan fingerprint density at radius 2 is 1.72 bits per heavy atom. The van der Waals surface area contributed by atoms with Crippen LogP contribution in [0.3, 0.4) is 0 Å². The lowest BCUT2D eigenvalue weighted by Gasteiger charge is -2.30. The van der Waals surface area contributed by atoms with Crippen LogP contribution < -0.4 is 10.6 Å². The minimum Gasteiger partial charge on any atom is -0.394 e. The van der Waals surface area contributed by atoms with E-state index in [1.54, 1.807) is 0 Å². The molecule has 2 aliphatic carbocycles. The fourth-order valence-corrected chi connectivity index (χ4v) is 4.24. The number of aliphatic hydroxyl groups excluding tert-OH is 1. The summed E-state index contributed by atoms with van der Waals surface area (Å²) in [5.74, 6) is -0.416. The lowest BCUT2D eigenvalue weighted by atomic mass is 9.78. The van der Waals surface area contributed by atoms with Crippen molar-refractivity contribution in [3.63, 3.8) is 0 Å². The fraction of sp³-hybridized carbons (Fsp3) is 0.600. The Morgan fingerprint density at radius 3 is 2.32 bits per heavy atom. The first-order chi connectivity index (χ1) is 12.2. The second-order valence-corrected chi connectivity index (χ2v) is 7.35.